The summed E-state index contributed by atoms with van der Waals surface area (Å²) in [6.45, 7) is 12.1. The molecule has 2 atom stereocenters. The molecule has 28 heteroatoms. The zero-order chi connectivity index (χ0) is 67.2. The Kier molecular flexibility index (Phi) is 23.3. The number of ether oxygens (including phenoxy) is 2. The van der Waals surface area contributed by atoms with E-state index in [0.29, 0.717) is 64.9 Å². The number of rotatable bonds is 23. The SMILES string of the molecule is C=C(C#N)C(O)c1ccc(Nc2nc(Nc3ccccc3)ncc2F)cc1.C=C(C#N)C(O)c1cccc(Nc2nc(Nc3cccc(OC(F)(F)F)c3)ncc2F)c1.C=CC(=O)Nc1cccc(Nc2nc(Nc3cccc(OCCN4CCCC4=O)c3)ncc2F)c1. The van der Waals surface area contributed by atoms with Gasteiger partial charge in [0, 0.05) is 64.9 Å². The maximum atomic E-state index is 14.4. The quantitative estimate of drug-likeness (QED) is 0.0163. The predicted molar refractivity (Wildman–Crippen MR) is 341 cm³/mol. The van der Waals surface area contributed by atoms with Crippen molar-refractivity contribution >= 4 is 86.9 Å². The lowest BCUT2D eigenvalue weighted by molar-refractivity contribution is -0.274. The summed E-state index contributed by atoms with van der Waals surface area (Å²) in [5.41, 5.74) is 4.47. The van der Waals surface area contributed by atoms with Crippen LogP contribution in [0.3, 0.4) is 0 Å². The molecule has 0 spiro atoms. The number of carbonyl (C=O) groups excluding carboxylic acids is 2. The summed E-state index contributed by atoms with van der Waals surface area (Å²) in [7, 11) is 0. The van der Waals surface area contributed by atoms with Gasteiger partial charge in [-0.25, -0.2) is 28.1 Å². The maximum absolute atomic E-state index is 14.4. The second-order valence-electron chi connectivity index (χ2n) is 19.8. The van der Waals surface area contributed by atoms with Gasteiger partial charge in [-0.3, -0.25) is 9.59 Å². The molecule has 1 aliphatic rings. The Bertz CT molecular complexity index is 4250. The third kappa shape index (κ3) is 20.3. The molecule has 0 bridgehead atoms. The Morgan fingerprint density at radius 1 is 0.585 bits per heavy atom. The molecule has 1 fully saturated rings. The first-order chi connectivity index (χ1) is 45.2. The van der Waals surface area contributed by atoms with Gasteiger partial charge in [0.15, 0.2) is 34.9 Å². The highest BCUT2D eigenvalue weighted by Gasteiger charge is 2.31. The summed E-state index contributed by atoms with van der Waals surface area (Å²) in [5, 5.41) is 57.6. The molecule has 2 amide bonds. The van der Waals surface area contributed by atoms with Crippen LogP contribution in [0.2, 0.25) is 0 Å². The number of aromatic nitrogens is 6. The number of aliphatic hydroxyl groups excluding tert-OH is 2. The molecule has 9 N–H and O–H groups in total. The third-order valence-electron chi connectivity index (χ3n) is 13.0. The number of anilines is 13. The van der Waals surface area contributed by atoms with Crippen LogP contribution in [0.15, 0.2) is 207 Å². The number of benzene rings is 6. The first-order valence-electron chi connectivity index (χ1n) is 28.1. The Hall–Kier alpha value is -12.4. The number of nitrogens with zero attached hydrogens (tertiary/aromatic N) is 9. The number of amides is 2. The van der Waals surface area contributed by atoms with E-state index in [1.165, 1.54) is 18.2 Å². The molecule has 1 saturated heterocycles. The molecule has 0 saturated carbocycles. The van der Waals surface area contributed by atoms with Crippen molar-refractivity contribution in [1.82, 2.24) is 34.8 Å². The molecule has 0 aliphatic carbocycles. The maximum Gasteiger partial charge on any atom is 0.573 e. The normalized spacial score (nSPS) is 12.1. The molecule has 1 aliphatic heterocycles. The van der Waals surface area contributed by atoms with Gasteiger partial charge in [-0.2, -0.15) is 25.5 Å². The number of alkyl halides is 3. The number of hydrogen-bond donors (Lipinski definition) is 9. The number of aliphatic hydroxyl groups is 2. The molecule has 94 heavy (non-hydrogen) atoms. The lowest BCUT2D eigenvalue weighted by Gasteiger charge is -2.16. The Morgan fingerprint density at radius 2 is 1.03 bits per heavy atom. The molecule has 478 valence electrons. The number of para-hydroxylation sites is 1. The van der Waals surface area contributed by atoms with Crippen molar-refractivity contribution in [2.75, 3.05) is 56.9 Å². The van der Waals surface area contributed by atoms with Crippen LogP contribution < -0.4 is 46.7 Å². The summed E-state index contributed by atoms with van der Waals surface area (Å²) >= 11 is 0. The van der Waals surface area contributed by atoms with E-state index in [0.717, 1.165) is 55.5 Å². The molecule has 4 heterocycles. The van der Waals surface area contributed by atoms with E-state index >= 15 is 0 Å². The number of nitrogens with one attached hydrogen (secondary N) is 7. The first-order valence-corrected chi connectivity index (χ1v) is 28.1. The molecular formula is C66H56F6N16O6. The topological polar surface area (TPSA) is 305 Å². The predicted octanol–water partition coefficient (Wildman–Crippen LogP) is 13.6. The van der Waals surface area contributed by atoms with E-state index < -0.39 is 41.8 Å². The minimum atomic E-state index is -4.84. The fraction of sp³-hybridized carbons (Fsp3) is 0.121. The molecule has 0 radical (unpaired) electrons. The van der Waals surface area contributed by atoms with E-state index in [2.05, 4.69) is 91.6 Å². The van der Waals surface area contributed by atoms with Gasteiger partial charge in [0.2, 0.25) is 29.7 Å². The van der Waals surface area contributed by atoms with E-state index in [4.69, 9.17) is 15.3 Å². The number of nitriles is 2. The standard InChI is InChI=1S/C25H25FN6O3.C21H15F4N5O2.C20H16FN5O/c1-2-22(33)28-17-6-3-7-18(14-17)29-24-21(26)16-27-25(31-24)30-19-8-4-9-20(15-19)35-13-12-32-11-5-10-23(32)34;1-12(10-26)18(31)13-4-2-5-14(8-13)28-19-17(22)11-27-20(30-19)29-15-6-3-7-16(9-15)32-21(23,24)25;1-13(11-22)18(27)14-7-9-16(10-8-14)24-19-17(21)12-23-20(26-19)25-15-5-3-2-4-6-15/h2-4,6-9,14-16H,1,5,10-13H2,(H,28,33)(H2,27,29,30,31);2-9,11,18,31H,1H2,(H2,27,28,29,30);2-10,12,18,27H,1H2,(H2,23,24,25,26). The van der Waals surface area contributed by atoms with Crippen LogP contribution in [0.5, 0.6) is 11.5 Å². The van der Waals surface area contributed by atoms with Gasteiger partial charge in [-0.1, -0.05) is 80.4 Å². The molecule has 22 nitrogen and oxygen atoms in total. The van der Waals surface area contributed by atoms with E-state index in [9.17, 15) is 46.1 Å². The van der Waals surface area contributed by atoms with Crippen LogP contribution in [0.25, 0.3) is 0 Å². The van der Waals surface area contributed by atoms with Crippen molar-refractivity contribution in [1.29, 1.82) is 10.5 Å². The summed E-state index contributed by atoms with van der Waals surface area (Å²) in [4.78, 5) is 49.1. The van der Waals surface area contributed by atoms with E-state index in [-0.39, 0.29) is 63.9 Å². The van der Waals surface area contributed by atoms with Gasteiger partial charge in [-0.05, 0) is 102 Å². The van der Waals surface area contributed by atoms with Crippen molar-refractivity contribution in [3.8, 4) is 23.6 Å². The smallest absolute Gasteiger partial charge is 0.492 e. The van der Waals surface area contributed by atoms with Crippen LogP contribution in [-0.2, 0) is 9.59 Å². The molecule has 6 aromatic carbocycles. The van der Waals surface area contributed by atoms with Crippen molar-refractivity contribution in [3.05, 3.63) is 236 Å². The average Bonchev–Trinajstić information content (AvgIpc) is 1.10. The monoisotopic (exact) mass is 1280 g/mol. The zero-order valence-corrected chi connectivity index (χ0v) is 49.4. The lowest BCUT2D eigenvalue weighted by atomic mass is 10.0. The Morgan fingerprint density at radius 3 is 1.55 bits per heavy atom. The van der Waals surface area contributed by atoms with Crippen molar-refractivity contribution in [2.45, 2.75) is 31.4 Å². The van der Waals surface area contributed by atoms with Gasteiger partial charge in [0.25, 0.3) is 0 Å². The van der Waals surface area contributed by atoms with Crippen molar-refractivity contribution in [3.63, 3.8) is 0 Å². The molecule has 2 unspecified atom stereocenters. The van der Waals surface area contributed by atoms with Gasteiger partial charge < -0.3 is 61.8 Å². The van der Waals surface area contributed by atoms with Crippen molar-refractivity contribution in [2.24, 2.45) is 0 Å². The van der Waals surface area contributed by atoms with Gasteiger partial charge in [-0.15, -0.1) is 13.2 Å². The number of likely N-dealkylation sites (tertiary alicyclic amines) is 1. The average molecular weight is 1280 g/mol. The van der Waals surface area contributed by atoms with E-state index in [1.807, 2.05) is 54.6 Å². The van der Waals surface area contributed by atoms with Crippen LogP contribution in [0.4, 0.5) is 101 Å². The van der Waals surface area contributed by atoms with Crippen LogP contribution >= 0.6 is 0 Å². The zero-order valence-electron chi connectivity index (χ0n) is 49.4. The van der Waals surface area contributed by atoms with Gasteiger partial charge in [0.05, 0.1) is 48.4 Å². The lowest BCUT2D eigenvalue weighted by Crippen LogP contribution is -2.29. The second kappa shape index (κ2) is 32.4. The largest absolute Gasteiger partial charge is 0.573 e. The summed E-state index contributed by atoms with van der Waals surface area (Å²) in [6.07, 6.45) is -1.45. The summed E-state index contributed by atoms with van der Waals surface area (Å²) < 4.78 is 89.5. The van der Waals surface area contributed by atoms with Gasteiger partial charge >= 0.3 is 6.36 Å². The molecule has 9 aromatic rings. The second-order valence-corrected chi connectivity index (χ2v) is 19.8. The number of halogens is 6. The van der Waals surface area contributed by atoms with Gasteiger partial charge in [0.1, 0.15) is 30.3 Å². The molecular weight excluding hydrogens is 1230 g/mol. The van der Waals surface area contributed by atoms with Crippen molar-refractivity contribution < 1.29 is 55.6 Å². The Labute approximate surface area is 533 Å². The summed E-state index contributed by atoms with van der Waals surface area (Å²) in [6, 6.07) is 44.6. The molecule has 10 rings (SSSR count). The molecule has 3 aromatic heterocycles. The number of hydrogen-bond acceptors (Lipinski definition) is 20. The highest BCUT2D eigenvalue weighted by Crippen LogP contribution is 2.31. The van der Waals surface area contributed by atoms with Crippen LogP contribution in [0, 0.1) is 40.1 Å². The van der Waals surface area contributed by atoms with Crippen LogP contribution in [-0.4, -0.2) is 82.9 Å². The minimum absolute atomic E-state index is 0.0122. The third-order valence-corrected chi connectivity index (χ3v) is 13.0. The fourth-order valence-electron chi connectivity index (χ4n) is 8.44. The number of carbonyl (C=O) groups is 2. The highest BCUT2D eigenvalue weighted by molar-refractivity contribution is 5.99. The summed E-state index contributed by atoms with van der Waals surface area (Å²) in [5.74, 6) is -1.94. The minimum Gasteiger partial charge on any atom is -0.492 e. The highest BCUT2D eigenvalue weighted by atomic mass is 19.4. The first kappa shape index (κ1) is 67.5. The van der Waals surface area contributed by atoms with E-state index in [1.54, 1.807) is 83.8 Å². The Balaban J connectivity index is 0.000000182. The van der Waals surface area contributed by atoms with Crippen LogP contribution in [0.1, 0.15) is 36.2 Å². The fourth-order valence-corrected chi connectivity index (χ4v) is 8.44.